The Bertz CT molecular complexity index is 492. The normalized spacial score (nSPS) is 9.43. The first-order valence-corrected chi connectivity index (χ1v) is 7.95. The number of hydrogen-bond donors (Lipinski definition) is 1. The molecule has 0 aromatic heterocycles. The molecule has 0 saturated heterocycles. The summed E-state index contributed by atoms with van der Waals surface area (Å²) in [6.07, 6.45) is 1.53. The molecule has 0 aliphatic heterocycles. The Hall–Kier alpha value is -2.06. The minimum Gasteiger partial charge on any atom is -0.462 e. The Morgan fingerprint density at radius 2 is 1.74 bits per heavy atom. The van der Waals surface area contributed by atoms with E-state index in [0.717, 1.165) is 11.8 Å². The largest absolute Gasteiger partial charge is 0.462 e. The fraction of sp³-hybridized carbons (Fsp3) is 0.400. The van der Waals surface area contributed by atoms with Crippen molar-refractivity contribution in [3.8, 4) is 0 Å². The van der Waals surface area contributed by atoms with E-state index in [9.17, 15) is 14.4 Å². The highest BCUT2D eigenvalue weighted by Crippen LogP contribution is 2.03. The molecule has 0 amide bonds. The summed E-state index contributed by atoms with van der Waals surface area (Å²) in [7, 11) is 0. The van der Waals surface area contributed by atoms with Gasteiger partial charge >= 0.3 is 17.2 Å². The van der Waals surface area contributed by atoms with E-state index in [-0.39, 0.29) is 25.4 Å². The summed E-state index contributed by atoms with van der Waals surface area (Å²) in [5.74, 6) is -0.857. The van der Waals surface area contributed by atoms with Gasteiger partial charge in [-0.3, -0.25) is 4.79 Å². The van der Waals surface area contributed by atoms with Crippen LogP contribution in [0.15, 0.2) is 30.3 Å². The second-order valence-electron chi connectivity index (χ2n) is 4.26. The van der Waals surface area contributed by atoms with Crippen molar-refractivity contribution < 1.29 is 28.6 Å². The van der Waals surface area contributed by atoms with Gasteiger partial charge in [-0.15, -0.1) is 0 Å². The summed E-state index contributed by atoms with van der Waals surface area (Å²) in [6, 6.07) is 8.50. The van der Waals surface area contributed by atoms with E-state index in [4.69, 9.17) is 10.5 Å². The highest BCUT2D eigenvalue weighted by Gasteiger charge is 2.06. The van der Waals surface area contributed by atoms with Gasteiger partial charge in [0.05, 0.1) is 18.2 Å². The number of thioether (sulfide) groups is 1. The Balaban J connectivity index is 0.000000515. The van der Waals surface area contributed by atoms with E-state index in [0.29, 0.717) is 5.56 Å². The van der Waals surface area contributed by atoms with E-state index < -0.39 is 11.3 Å². The van der Waals surface area contributed by atoms with E-state index in [2.05, 4.69) is 9.47 Å². The standard InChI is InChI=1S/C10H10O4S.C5H11NO2/c1-15-10(12)14-7-13-9(11)8-5-3-2-4-6-8;1-4(2)8-5(7)3-6/h2-6H,7H2,1H3;4H,3,6H2,1-2H3. The van der Waals surface area contributed by atoms with Crippen LogP contribution in [-0.4, -0.2) is 42.9 Å². The molecular weight excluding hydrogens is 322 g/mol. The molecule has 1 aromatic carbocycles. The summed E-state index contributed by atoms with van der Waals surface area (Å²) in [4.78, 5) is 32.2. The van der Waals surface area contributed by atoms with Crippen LogP contribution < -0.4 is 5.73 Å². The van der Waals surface area contributed by atoms with Crippen molar-refractivity contribution in [1.82, 2.24) is 0 Å². The number of hydrogen-bond acceptors (Lipinski definition) is 8. The molecule has 0 fully saturated rings. The van der Waals surface area contributed by atoms with Crippen LogP contribution in [0.2, 0.25) is 0 Å². The first-order chi connectivity index (χ1) is 10.9. The lowest BCUT2D eigenvalue weighted by Gasteiger charge is -2.04. The number of carbonyl (C=O) groups is 3. The third-order valence-electron chi connectivity index (χ3n) is 2.08. The molecule has 2 N–H and O–H groups in total. The third kappa shape index (κ3) is 11.2. The molecule has 0 unspecified atom stereocenters. The average Bonchev–Trinajstić information content (AvgIpc) is 2.55. The number of benzene rings is 1. The molecule has 8 heteroatoms. The van der Waals surface area contributed by atoms with Gasteiger partial charge in [0.1, 0.15) is 0 Å². The predicted molar refractivity (Wildman–Crippen MR) is 87.0 cm³/mol. The smallest absolute Gasteiger partial charge is 0.369 e. The zero-order valence-corrected chi connectivity index (χ0v) is 14.1. The van der Waals surface area contributed by atoms with Crippen LogP contribution in [0.1, 0.15) is 24.2 Å². The van der Waals surface area contributed by atoms with Gasteiger partial charge in [-0.25, -0.2) is 9.59 Å². The van der Waals surface area contributed by atoms with Crippen molar-refractivity contribution in [3.63, 3.8) is 0 Å². The molecular formula is C15H21NO6S. The van der Waals surface area contributed by atoms with Crippen molar-refractivity contribution >= 4 is 29.0 Å². The van der Waals surface area contributed by atoms with Crippen LogP contribution in [-0.2, 0) is 19.0 Å². The predicted octanol–water partition coefficient (Wildman–Crippen LogP) is 2.20. The minimum atomic E-state index is -0.510. The number of esters is 2. The molecule has 0 saturated carbocycles. The molecule has 0 bridgehead atoms. The van der Waals surface area contributed by atoms with Crippen LogP contribution in [0.3, 0.4) is 0 Å². The molecule has 1 rings (SSSR count). The van der Waals surface area contributed by atoms with Gasteiger partial charge in [-0.2, -0.15) is 0 Å². The van der Waals surface area contributed by atoms with E-state index >= 15 is 0 Å². The van der Waals surface area contributed by atoms with E-state index in [1.165, 1.54) is 0 Å². The van der Waals surface area contributed by atoms with Crippen LogP contribution in [0.25, 0.3) is 0 Å². The maximum absolute atomic E-state index is 11.3. The van der Waals surface area contributed by atoms with Gasteiger partial charge < -0.3 is 19.9 Å². The van der Waals surface area contributed by atoms with Crippen molar-refractivity contribution in [3.05, 3.63) is 35.9 Å². The quantitative estimate of drug-likeness (QED) is 0.641. The van der Waals surface area contributed by atoms with Crippen LogP contribution >= 0.6 is 11.8 Å². The first-order valence-electron chi connectivity index (χ1n) is 6.73. The van der Waals surface area contributed by atoms with E-state index in [1.807, 2.05) is 0 Å². The summed E-state index contributed by atoms with van der Waals surface area (Å²) >= 11 is 0.920. The van der Waals surface area contributed by atoms with Gasteiger partial charge in [0, 0.05) is 0 Å². The molecule has 0 spiro atoms. The molecule has 128 valence electrons. The second-order valence-corrected chi connectivity index (χ2v) is 5.00. The monoisotopic (exact) mass is 343 g/mol. The van der Waals surface area contributed by atoms with Crippen LogP contribution in [0.5, 0.6) is 0 Å². The topological polar surface area (TPSA) is 105 Å². The molecule has 0 aliphatic rings. The highest BCUT2D eigenvalue weighted by atomic mass is 32.2. The Morgan fingerprint density at radius 3 is 2.17 bits per heavy atom. The summed E-state index contributed by atoms with van der Waals surface area (Å²) in [5.41, 5.74) is 5.37. The second kappa shape index (κ2) is 12.5. The molecule has 23 heavy (non-hydrogen) atoms. The molecule has 0 radical (unpaired) electrons. The lowest BCUT2D eigenvalue weighted by Crippen LogP contribution is -2.20. The van der Waals surface area contributed by atoms with Crippen molar-refractivity contribution in [2.24, 2.45) is 5.73 Å². The lowest BCUT2D eigenvalue weighted by molar-refractivity contribution is -0.145. The van der Waals surface area contributed by atoms with E-state index in [1.54, 1.807) is 50.4 Å². The van der Waals surface area contributed by atoms with Gasteiger partial charge in [0.25, 0.3) is 0 Å². The highest BCUT2D eigenvalue weighted by molar-refractivity contribution is 8.12. The molecule has 7 nitrogen and oxygen atoms in total. The zero-order chi connectivity index (χ0) is 17.7. The zero-order valence-electron chi connectivity index (χ0n) is 13.3. The Labute approximate surface area is 139 Å². The number of nitrogens with two attached hydrogens (primary N) is 1. The number of ether oxygens (including phenoxy) is 3. The lowest BCUT2D eigenvalue weighted by atomic mass is 10.2. The van der Waals surface area contributed by atoms with Crippen LogP contribution in [0, 0.1) is 0 Å². The maximum atomic E-state index is 11.3. The van der Waals surface area contributed by atoms with Crippen molar-refractivity contribution in [1.29, 1.82) is 0 Å². The fourth-order valence-corrected chi connectivity index (χ4v) is 1.32. The number of carbonyl (C=O) groups excluding carboxylic acids is 3. The Kier molecular flexibility index (Phi) is 11.4. The Morgan fingerprint density at radius 1 is 1.13 bits per heavy atom. The summed E-state index contributed by atoms with van der Waals surface area (Å²) in [6.45, 7) is 3.19. The summed E-state index contributed by atoms with van der Waals surface area (Å²) in [5, 5.41) is -0.476. The van der Waals surface area contributed by atoms with Crippen molar-refractivity contribution in [2.75, 3.05) is 19.6 Å². The first kappa shape index (κ1) is 20.9. The maximum Gasteiger partial charge on any atom is 0.369 e. The number of rotatable bonds is 5. The minimum absolute atomic E-state index is 0.0296. The molecule has 0 aliphatic carbocycles. The fourth-order valence-electron chi connectivity index (χ4n) is 1.16. The SMILES string of the molecule is CC(C)OC(=O)CN.CSC(=O)OCOC(=O)c1ccccc1. The molecule has 1 aromatic rings. The average molecular weight is 343 g/mol. The van der Waals surface area contributed by atoms with Crippen LogP contribution in [0.4, 0.5) is 4.79 Å². The molecule has 0 heterocycles. The van der Waals surface area contributed by atoms with Gasteiger partial charge in [0.2, 0.25) is 6.79 Å². The third-order valence-corrected chi connectivity index (χ3v) is 2.53. The van der Waals surface area contributed by atoms with Gasteiger partial charge in [-0.1, -0.05) is 18.2 Å². The van der Waals surface area contributed by atoms with Gasteiger partial charge in [-0.05, 0) is 44.0 Å². The molecule has 0 atom stereocenters. The van der Waals surface area contributed by atoms with Gasteiger partial charge in [0.15, 0.2) is 0 Å². The van der Waals surface area contributed by atoms with Crippen molar-refractivity contribution in [2.45, 2.75) is 20.0 Å². The summed E-state index contributed by atoms with van der Waals surface area (Å²) < 4.78 is 13.9.